The van der Waals surface area contributed by atoms with E-state index in [1.807, 2.05) is 31.2 Å². The zero-order chi connectivity index (χ0) is 27.5. The topological polar surface area (TPSA) is 106 Å². The van der Waals surface area contributed by atoms with E-state index in [0.29, 0.717) is 34.2 Å². The van der Waals surface area contributed by atoms with E-state index in [-0.39, 0.29) is 11.3 Å². The van der Waals surface area contributed by atoms with Gasteiger partial charge in [-0.05, 0) is 54.4 Å². The average molecular weight is 541 g/mol. The molecule has 1 N–H and O–H groups in total. The maximum atomic E-state index is 13.3. The van der Waals surface area contributed by atoms with E-state index in [4.69, 9.17) is 9.47 Å². The summed E-state index contributed by atoms with van der Waals surface area (Å²) in [6, 6.07) is 20.1. The van der Waals surface area contributed by atoms with Gasteiger partial charge in [-0.25, -0.2) is 9.78 Å². The van der Waals surface area contributed by atoms with E-state index >= 15 is 0 Å². The Kier molecular flexibility index (Phi) is 7.25. The van der Waals surface area contributed by atoms with Crippen LogP contribution in [0.2, 0.25) is 0 Å². The highest BCUT2D eigenvalue weighted by molar-refractivity contribution is 7.14. The fraction of sp³-hybridized carbons (Fsp3) is 0.133. The molecule has 0 aliphatic carbocycles. The minimum Gasteiger partial charge on any atom is -0.507 e. The van der Waals surface area contributed by atoms with E-state index < -0.39 is 23.7 Å². The maximum absolute atomic E-state index is 13.3. The fourth-order valence-electron chi connectivity index (χ4n) is 4.43. The van der Waals surface area contributed by atoms with E-state index in [1.54, 1.807) is 53.9 Å². The number of aliphatic hydroxyl groups is 1. The van der Waals surface area contributed by atoms with Crippen LogP contribution < -0.4 is 9.64 Å². The molecule has 1 saturated heterocycles. The van der Waals surface area contributed by atoms with Crippen LogP contribution >= 0.6 is 11.3 Å². The number of rotatable bonds is 7. The summed E-state index contributed by atoms with van der Waals surface area (Å²) in [5, 5.41) is 13.3. The van der Waals surface area contributed by atoms with Gasteiger partial charge < -0.3 is 14.6 Å². The molecule has 1 unspecified atom stereocenters. The Balaban J connectivity index is 1.49. The van der Waals surface area contributed by atoms with Gasteiger partial charge in [0, 0.05) is 17.1 Å². The number of hydrogen-bond donors (Lipinski definition) is 1. The summed E-state index contributed by atoms with van der Waals surface area (Å²) in [5.74, 6) is -1.87. The van der Waals surface area contributed by atoms with E-state index in [0.717, 1.165) is 11.1 Å². The number of carbonyl (C=O) groups excluding carboxylic acids is 3. The number of benzene rings is 3. The van der Waals surface area contributed by atoms with Crippen LogP contribution in [0.1, 0.15) is 38.7 Å². The second-order valence-corrected chi connectivity index (χ2v) is 9.77. The Morgan fingerprint density at radius 2 is 1.74 bits per heavy atom. The molecule has 2 heterocycles. The van der Waals surface area contributed by atoms with E-state index in [9.17, 15) is 19.5 Å². The number of esters is 1. The van der Waals surface area contributed by atoms with Crippen molar-refractivity contribution < 1.29 is 29.0 Å². The van der Waals surface area contributed by atoms with Crippen LogP contribution in [0.3, 0.4) is 0 Å². The predicted molar refractivity (Wildman–Crippen MR) is 147 cm³/mol. The Bertz CT molecular complexity index is 1560. The number of ether oxygens (including phenoxy) is 2. The van der Waals surface area contributed by atoms with Gasteiger partial charge in [-0.1, -0.05) is 42.0 Å². The van der Waals surface area contributed by atoms with Crippen LogP contribution in [0.15, 0.2) is 89.9 Å². The molecule has 0 saturated carbocycles. The van der Waals surface area contributed by atoms with Crippen LogP contribution in [0.5, 0.6) is 5.75 Å². The van der Waals surface area contributed by atoms with E-state index in [2.05, 4.69) is 4.98 Å². The van der Waals surface area contributed by atoms with Crippen LogP contribution in [0, 0.1) is 6.92 Å². The van der Waals surface area contributed by atoms with Gasteiger partial charge in [0.25, 0.3) is 5.78 Å². The summed E-state index contributed by atoms with van der Waals surface area (Å²) in [5.41, 5.74) is 3.29. The molecule has 4 aromatic rings. The van der Waals surface area contributed by atoms with Gasteiger partial charge >= 0.3 is 11.9 Å². The Morgan fingerprint density at radius 3 is 2.38 bits per heavy atom. The van der Waals surface area contributed by atoms with Gasteiger partial charge in [-0.3, -0.25) is 14.5 Å². The third-order valence-corrected chi connectivity index (χ3v) is 7.10. The Labute approximate surface area is 228 Å². The largest absolute Gasteiger partial charge is 0.507 e. The van der Waals surface area contributed by atoms with Crippen molar-refractivity contribution in [3.63, 3.8) is 0 Å². The number of anilines is 1. The zero-order valence-electron chi connectivity index (χ0n) is 21.2. The number of aryl methyl sites for hydroxylation is 1. The van der Waals surface area contributed by atoms with Crippen molar-refractivity contribution in [1.29, 1.82) is 0 Å². The summed E-state index contributed by atoms with van der Waals surface area (Å²) in [7, 11) is 1.28. The summed E-state index contributed by atoms with van der Waals surface area (Å²) < 4.78 is 10.6. The van der Waals surface area contributed by atoms with Crippen molar-refractivity contribution in [1.82, 2.24) is 4.98 Å². The smallest absolute Gasteiger partial charge is 0.337 e. The lowest BCUT2D eigenvalue weighted by molar-refractivity contribution is -0.132. The fourth-order valence-corrected chi connectivity index (χ4v) is 5.10. The minimum absolute atomic E-state index is 0.0746. The van der Waals surface area contributed by atoms with Crippen molar-refractivity contribution >= 4 is 39.9 Å². The molecule has 9 heteroatoms. The number of methoxy groups -OCH3 is 1. The normalized spacial score (nSPS) is 16.4. The lowest BCUT2D eigenvalue weighted by atomic mass is 9.94. The monoisotopic (exact) mass is 540 g/mol. The van der Waals surface area contributed by atoms with Gasteiger partial charge in [-0.15, -0.1) is 11.3 Å². The average Bonchev–Trinajstić information content (AvgIpc) is 3.58. The third kappa shape index (κ3) is 5.17. The predicted octanol–water partition coefficient (Wildman–Crippen LogP) is 5.44. The van der Waals surface area contributed by atoms with Crippen molar-refractivity contribution in [3.05, 3.63) is 118 Å². The first-order valence-electron chi connectivity index (χ1n) is 12.0. The molecular formula is C30H24N2O6S. The molecule has 1 aliphatic heterocycles. The number of aliphatic hydroxyl groups excluding tert-OH is 1. The lowest BCUT2D eigenvalue weighted by Gasteiger charge is -2.23. The standard InChI is InChI=1S/C30H24N2O6S/c1-18-4-3-5-19(16-18)17-38-23-12-10-21(11-13-23)26(33)24-25(20-6-8-22(9-7-20)29(36)37-2)32(28(35)27(24)34)30-31-14-15-39-30/h3-16,25,33H,17H2,1-2H3. The molecule has 1 aromatic heterocycles. The molecule has 1 aliphatic rings. The number of thiazole rings is 1. The molecule has 5 rings (SSSR count). The number of hydrogen-bond acceptors (Lipinski definition) is 8. The maximum Gasteiger partial charge on any atom is 0.337 e. The molecule has 0 radical (unpaired) electrons. The van der Waals surface area contributed by atoms with Gasteiger partial charge in [0.2, 0.25) is 0 Å². The van der Waals surface area contributed by atoms with Crippen LogP contribution in [0.4, 0.5) is 5.13 Å². The second-order valence-electron chi connectivity index (χ2n) is 8.90. The number of nitrogens with zero attached hydrogens (tertiary/aromatic N) is 2. The minimum atomic E-state index is -0.944. The Hall–Kier alpha value is -4.76. The number of Topliss-reactive ketones (excluding diaryl/α,β-unsaturated/α-hetero) is 1. The Morgan fingerprint density at radius 1 is 1.03 bits per heavy atom. The number of aromatic nitrogens is 1. The van der Waals surface area contributed by atoms with Crippen molar-refractivity contribution in [2.45, 2.75) is 19.6 Å². The number of ketones is 1. The molecule has 1 amide bonds. The molecule has 1 fully saturated rings. The third-order valence-electron chi connectivity index (χ3n) is 6.33. The van der Waals surface area contributed by atoms with Crippen LogP contribution in [-0.4, -0.2) is 34.9 Å². The molecule has 0 spiro atoms. The molecule has 1 atom stereocenters. The van der Waals surface area contributed by atoms with Crippen LogP contribution in [-0.2, 0) is 20.9 Å². The summed E-state index contributed by atoms with van der Waals surface area (Å²) >= 11 is 1.20. The van der Waals surface area contributed by atoms with Crippen LogP contribution in [0.25, 0.3) is 5.76 Å². The molecule has 39 heavy (non-hydrogen) atoms. The molecule has 3 aromatic carbocycles. The van der Waals surface area contributed by atoms with E-state index in [1.165, 1.54) is 29.5 Å². The highest BCUT2D eigenvalue weighted by Crippen LogP contribution is 2.42. The second kappa shape index (κ2) is 10.9. The lowest BCUT2D eigenvalue weighted by Crippen LogP contribution is -2.29. The number of carbonyl (C=O) groups is 3. The molecule has 0 bridgehead atoms. The quantitative estimate of drug-likeness (QED) is 0.144. The number of amides is 1. The molecule has 8 nitrogen and oxygen atoms in total. The summed E-state index contributed by atoms with van der Waals surface area (Å²) in [6.45, 7) is 2.40. The van der Waals surface area contributed by atoms with Crippen molar-refractivity contribution in [3.8, 4) is 5.75 Å². The zero-order valence-corrected chi connectivity index (χ0v) is 22.0. The first kappa shape index (κ1) is 25.9. The first-order valence-corrected chi connectivity index (χ1v) is 12.9. The highest BCUT2D eigenvalue weighted by atomic mass is 32.1. The molecule has 196 valence electrons. The first-order chi connectivity index (χ1) is 18.9. The molecular weight excluding hydrogens is 516 g/mol. The van der Waals surface area contributed by atoms with Gasteiger partial charge in [-0.2, -0.15) is 0 Å². The van der Waals surface area contributed by atoms with Gasteiger partial charge in [0.15, 0.2) is 5.13 Å². The SMILES string of the molecule is COC(=O)c1ccc(C2C(=C(O)c3ccc(OCc4cccc(C)c4)cc3)C(=O)C(=O)N2c2nccs2)cc1. The van der Waals surface area contributed by atoms with Gasteiger partial charge in [0.05, 0.1) is 24.3 Å². The van der Waals surface area contributed by atoms with Crippen molar-refractivity contribution in [2.75, 3.05) is 12.0 Å². The van der Waals surface area contributed by atoms with Crippen molar-refractivity contribution in [2.24, 2.45) is 0 Å². The summed E-state index contributed by atoms with van der Waals surface area (Å²) in [6.07, 6.45) is 1.53. The van der Waals surface area contributed by atoms with Gasteiger partial charge in [0.1, 0.15) is 18.1 Å². The summed E-state index contributed by atoms with van der Waals surface area (Å²) in [4.78, 5) is 43.8. The highest BCUT2D eigenvalue weighted by Gasteiger charge is 2.48.